The highest BCUT2D eigenvalue weighted by Crippen LogP contribution is 2.26. The third kappa shape index (κ3) is 3.42. The number of ketones is 1. The molecule has 4 nitrogen and oxygen atoms in total. The van der Waals surface area contributed by atoms with E-state index in [-0.39, 0.29) is 17.6 Å². The number of benzene rings is 1. The van der Waals surface area contributed by atoms with Crippen LogP contribution in [0.2, 0.25) is 0 Å². The normalized spacial score (nSPS) is 16.6. The molecule has 0 unspecified atom stereocenters. The minimum atomic E-state index is -3.27. The summed E-state index contributed by atoms with van der Waals surface area (Å²) in [6.07, 6.45) is 1.31. The third-order valence-electron chi connectivity index (χ3n) is 3.33. The standard InChI is InChI=1S/C14H19NO3S/c1-2-8-19(17,18)15(13-9-14(16)10-13)11-12-6-4-3-5-7-12/h3-7,13H,2,8-11H2,1H3. The zero-order chi connectivity index (χ0) is 13.9. The summed E-state index contributed by atoms with van der Waals surface area (Å²) in [5, 5.41) is 0. The van der Waals surface area contributed by atoms with Crippen LogP contribution in [0.1, 0.15) is 31.7 Å². The molecule has 0 radical (unpaired) electrons. The molecule has 0 saturated heterocycles. The summed E-state index contributed by atoms with van der Waals surface area (Å²) >= 11 is 0. The summed E-state index contributed by atoms with van der Waals surface area (Å²) in [7, 11) is -3.27. The van der Waals surface area contributed by atoms with E-state index in [1.807, 2.05) is 37.3 Å². The fourth-order valence-electron chi connectivity index (χ4n) is 2.26. The van der Waals surface area contributed by atoms with Crippen molar-refractivity contribution < 1.29 is 13.2 Å². The lowest BCUT2D eigenvalue weighted by Crippen LogP contribution is -2.48. The summed E-state index contributed by atoms with van der Waals surface area (Å²) in [6.45, 7) is 2.21. The maximum absolute atomic E-state index is 12.3. The maximum Gasteiger partial charge on any atom is 0.214 e. The van der Waals surface area contributed by atoms with Gasteiger partial charge in [0.2, 0.25) is 10.0 Å². The predicted molar refractivity (Wildman–Crippen MR) is 74.1 cm³/mol. The average Bonchev–Trinajstić information content (AvgIpc) is 2.33. The monoisotopic (exact) mass is 281 g/mol. The van der Waals surface area contributed by atoms with Crippen LogP contribution in [0, 0.1) is 0 Å². The smallest absolute Gasteiger partial charge is 0.214 e. The number of hydrogen-bond donors (Lipinski definition) is 0. The van der Waals surface area contributed by atoms with Crippen LogP contribution in [0.3, 0.4) is 0 Å². The van der Waals surface area contributed by atoms with Crippen molar-refractivity contribution in [3.05, 3.63) is 35.9 Å². The topological polar surface area (TPSA) is 54.5 Å². The molecular formula is C14H19NO3S. The molecule has 0 heterocycles. The first-order valence-corrected chi connectivity index (χ1v) is 8.19. The average molecular weight is 281 g/mol. The number of sulfonamides is 1. The van der Waals surface area contributed by atoms with Gasteiger partial charge < -0.3 is 0 Å². The molecule has 5 heteroatoms. The number of Topliss-reactive ketones (excluding diaryl/α,β-unsaturated/α-hetero) is 1. The number of nitrogens with zero attached hydrogens (tertiary/aromatic N) is 1. The van der Waals surface area contributed by atoms with Crippen LogP contribution >= 0.6 is 0 Å². The van der Waals surface area contributed by atoms with Gasteiger partial charge in [0.1, 0.15) is 5.78 Å². The Balaban J connectivity index is 2.17. The number of hydrogen-bond acceptors (Lipinski definition) is 3. The van der Waals surface area contributed by atoms with Gasteiger partial charge >= 0.3 is 0 Å². The summed E-state index contributed by atoms with van der Waals surface area (Å²) in [5.74, 6) is 0.291. The lowest BCUT2D eigenvalue weighted by Gasteiger charge is -2.35. The van der Waals surface area contributed by atoms with Crippen LogP contribution in [0.25, 0.3) is 0 Å². The van der Waals surface area contributed by atoms with E-state index in [1.165, 1.54) is 4.31 Å². The second-order valence-electron chi connectivity index (χ2n) is 4.95. The Morgan fingerprint density at radius 1 is 1.21 bits per heavy atom. The maximum atomic E-state index is 12.3. The first kappa shape index (κ1) is 14.2. The van der Waals surface area contributed by atoms with Gasteiger partial charge in [-0.25, -0.2) is 8.42 Å². The predicted octanol–water partition coefficient (Wildman–Crippen LogP) is 1.96. The first-order chi connectivity index (χ1) is 9.03. The molecule has 0 amide bonds. The van der Waals surface area contributed by atoms with Crippen molar-refractivity contribution >= 4 is 15.8 Å². The Kier molecular flexibility index (Phi) is 4.37. The van der Waals surface area contributed by atoms with Crippen molar-refractivity contribution in [1.29, 1.82) is 0 Å². The third-order valence-corrected chi connectivity index (χ3v) is 5.40. The molecule has 2 rings (SSSR count). The van der Waals surface area contributed by atoms with Gasteiger partial charge in [0.25, 0.3) is 0 Å². The van der Waals surface area contributed by atoms with Crippen molar-refractivity contribution in [2.45, 2.75) is 38.8 Å². The number of carbonyl (C=O) groups is 1. The molecule has 1 aliphatic carbocycles. The fourth-order valence-corrected chi connectivity index (χ4v) is 3.96. The van der Waals surface area contributed by atoms with E-state index in [9.17, 15) is 13.2 Å². The molecule has 0 spiro atoms. The molecular weight excluding hydrogens is 262 g/mol. The lowest BCUT2D eigenvalue weighted by molar-refractivity contribution is -0.126. The van der Waals surface area contributed by atoms with Crippen LogP contribution in [0.4, 0.5) is 0 Å². The van der Waals surface area contributed by atoms with E-state index in [4.69, 9.17) is 0 Å². The van der Waals surface area contributed by atoms with Crippen LogP contribution in [0.15, 0.2) is 30.3 Å². The van der Waals surface area contributed by atoms with Crippen molar-refractivity contribution in [3.8, 4) is 0 Å². The molecule has 104 valence electrons. The molecule has 1 saturated carbocycles. The van der Waals surface area contributed by atoms with Gasteiger partial charge in [0.05, 0.1) is 5.75 Å². The van der Waals surface area contributed by atoms with E-state index >= 15 is 0 Å². The van der Waals surface area contributed by atoms with Crippen molar-refractivity contribution in [3.63, 3.8) is 0 Å². The van der Waals surface area contributed by atoms with Crippen LogP contribution in [0.5, 0.6) is 0 Å². The molecule has 0 aliphatic heterocycles. The largest absolute Gasteiger partial charge is 0.300 e. The van der Waals surface area contributed by atoms with Crippen molar-refractivity contribution in [2.75, 3.05) is 5.75 Å². The Labute approximate surface area is 114 Å². The summed E-state index contributed by atoms with van der Waals surface area (Å²) in [5.41, 5.74) is 0.960. The summed E-state index contributed by atoms with van der Waals surface area (Å²) in [6, 6.07) is 9.37. The second kappa shape index (κ2) is 5.84. The van der Waals surface area contributed by atoms with E-state index in [0.717, 1.165) is 5.56 Å². The molecule has 1 aromatic rings. The van der Waals surface area contributed by atoms with Crippen molar-refractivity contribution in [2.24, 2.45) is 0 Å². The Morgan fingerprint density at radius 2 is 1.84 bits per heavy atom. The lowest BCUT2D eigenvalue weighted by atomic mass is 9.91. The Hall–Kier alpha value is -1.20. The minimum absolute atomic E-state index is 0.143. The van der Waals surface area contributed by atoms with E-state index in [2.05, 4.69) is 0 Å². The molecule has 0 N–H and O–H groups in total. The second-order valence-corrected chi connectivity index (χ2v) is 6.99. The highest BCUT2D eigenvalue weighted by Gasteiger charge is 2.37. The van der Waals surface area contributed by atoms with Gasteiger partial charge in [-0.15, -0.1) is 0 Å². The van der Waals surface area contributed by atoms with Crippen LogP contribution in [-0.2, 0) is 21.4 Å². The molecule has 0 aromatic heterocycles. The van der Waals surface area contributed by atoms with E-state index in [1.54, 1.807) is 0 Å². The fraction of sp³-hybridized carbons (Fsp3) is 0.500. The zero-order valence-electron chi connectivity index (χ0n) is 11.1. The van der Waals surface area contributed by atoms with Gasteiger partial charge in [-0.05, 0) is 12.0 Å². The van der Waals surface area contributed by atoms with Gasteiger partial charge in [-0.1, -0.05) is 37.3 Å². The molecule has 19 heavy (non-hydrogen) atoms. The minimum Gasteiger partial charge on any atom is -0.300 e. The molecule has 1 fully saturated rings. The van der Waals surface area contributed by atoms with Gasteiger partial charge in [0, 0.05) is 25.4 Å². The van der Waals surface area contributed by atoms with Crippen LogP contribution in [-0.4, -0.2) is 30.3 Å². The Morgan fingerprint density at radius 3 is 2.37 bits per heavy atom. The molecule has 0 atom stereocenters. The van der Waals surface area contributed by atoms with Gasteiger partial charge in [-0.2, -0.15) is 4.31 Å². The zero-order valence-corrected chi connectivity index (χ0v) is 11.9. The van der Waals surface area contributed by atoms with E-state index in [0.29, 0.717) is 25.8 Å². The Bertz CT molecular complexity index is 531. The summed E-state index contributed by atoms with van der Waals surface area (Å²) in [4.78, 5) is 11.1. The molecule has 1 aromatic carbocycles. The molecule has 1 aliphatic rings. The number of rotatable bonds is 6. The van der Waals surface area contributed by atoms with Gasteiger partial charge in [0.15, 0.2) is 0 Å². The van der Waals surface area contributed by atoms with Crippen molar-refractivity contribution in [1.82, 2.24) is 4.31 Å². The van der Waals surface area contributed by atoms with Crippen LogP contribution < -0.4 is 0 Å². The highest BCUT2D eigenvalue weighted by atomic mass is 32.2. The van der Waals surface area contributed by atoms with Gasteiger partial charge in [-0.3, -0.25) is 4.79 Å². The van der Waals surface area contributed by atoms with E-state index < -0.39 is 10.0 Å². The number of carbonyl (C=O) groups excluding carboxylic acids is 1. The SMILES string of the molecule is CCCS(=O)(=O)N(Cc1ccccc1)C1CC(=O)C1. The first-order valence-electron chi connectivity index (χ1n) is 6.58. The quantitative estimate of drug-likeness (QED) is 0.801. The summed E-state index contributed by atoms with van der Waals surface area (Å²) < 4.78 is 26.1. The molecule has 0 bridgehead atoms. The highest BCUT2D eigenvalue weighted by molar-refractivity contribution is 7.89.